The molecule has 1 aromatic rings. The number of aromatic nitrogens is 1. The number of hydrogen-bond acceptors (Lipinski definition) is 4. The third kappa shape index (κ3) is 3.81. The van der Waals surface area contributed by atoms with Crippen LogP contribution in [0.4, 0.5) is 0 Å². The van der Waals surface area contributed by atoms with E-state index in [1.807, 2.05) is 20.8 Å². The van der Waals surface area contributed by atoms with Gasteiger partial charge in [-0.05, 0) is 12.8 Å². The summed E-state index contributed by atoms with van der Waals surface area (Å²) in [6.07, 6.45) is 0. The molecular formula is C11H17N3O2S. The average Bonchev–Trinajstić information content (AvgIpc) is 2.60. The average molecular weight is 255 g/mol. The fourth-order valence-corrected chi connectivity index (χ4v) is 1.92. The van der Waals surface area contributed by atoms with Crippen molar-refractivity contribution in [2.45, 2.75) is 27.3 Å². The lowest BCUT2D eigenvalue weighted by atomic mass is 9.95. The summed E-state index contributed by atoms with van der Waals surface area (Å²) in [6.45, 7) is 5.93. The number of thiocarbonyl (C=S) groups is 1. The largest absolute Gasteiger partial charge is 0.393 e. The van der Waals surface area contributed by atoms with Crippen LogP contribution in [0.25, 0.3) is 0 Å². The van der Waals surface area contributed by atoms with E-state index >= 15 is 0 Å². The van der Waals surface area contributed by atoms with Crippen LogP contribution in [0, 0.1) is 18.8 Å². The maximum absolute atomic E-state index is 11.9. The Morgan fingerprint density at radius 2 is 2.29 bits per heavy atom. The van der Waals surface area contributed by atoms with Crippen LogP contribution in [0.3, 0.4) is 0 Å². The first-order valence-electron chi connectivity index (χ1n) is 5.41. The van der Waals surface area contributed by atoms with Crippen molar-refractivity contribution >= 4 is 23.1 Å². The van der Waals surface area contributed by atoms with E-state index in [1.54, 1.807) is 6.07 Å². The Labute approximate surface area is 106 Å². The Morgan fingerprint density at radius 1 is 1.65 bits per heavy atom. The molecule has 0 aromatic carbocycles. The van der Waals surface area contributed by atoms with Gasteiger partial charge < -0.3 is 15.6 Å². The van der Waals surface area contributed by atoms with Gasteiger partial charge in [-0.3, -0.25) is 4.79 Å². The second kappa shape index (κ2) is 5.77. The molecule has 1 atom stereocenters. The molecule has 0 spiro atoms. The summed E-state index contributed by atoms with van der Waals surface area (Å²) in [5.41, 5.74) is 6.33. The SMILES string of the molecule is Cc1cc(CNC(=O)C(C(N)=S)C(C)C)on1. The minimum absolute atomic E-state index is 0.0731. The minimum atomic E-state index is -0.450. The van der Waals surface area contributed by atoms with E-state index in [-0.39, 0.29) is 16.8 Å². The summed E-state index contributed by atoms with van der Waals surface area (Å²) in [5.74, 6) is 0.0563. The van der Waals surface area contributed by atoms with Crippen LogP contribution in [-0.2, 0) is 11.3 Å². The van der Waals surface area contributed by atoms with Crippen molar-refractivity contribution in [1.82, 2.24) is 10.5 Å². The van der Waals surface area contributed by atoms with Gasteiger partial charge in [-0.2, -0.15) is 0 Å². The second-order valence-electron chi connectivity index (χ2n) is 4.28. The zero-order chi connectivity index (χ0) is 13.0. The summed E-state index contributed by atoms with van der Waals surface area (Å²) >= 11 is 4.89. The Kier molecular flexibility index (Phi) is 4.62. The highest BCUT2D eigenvalue weighted by Gasteiger charge is 2.24. The van der Waals surface area contributed by atoms with Gasteiger partial charge in [0.05, 0.1) is 23.1 Å². The van der Waals surface area contributed by atoms with Crippen LogP contribution in [0.5, 0.6) is 0 Å². The number of carbonyl (C=O) groups excluding carboxylic acids is 1. The quantitative estimate of drug-likeness (QED) is 0.772. The van der Waals surface area contributed by atoms with E-state index in [9.17, 15) is 4.79 Å². The Bertz CT molecular complexity index is 415. The number of aryl methyl sites for hydroxylation is 1. The van der Waals surface area contributed by atoms with Crippen LogP contribution in [0.2, 0.25) is 0 Å². The maximum atomic E-state index is 11.9. The molecule has 1 aromatic heterocycles. The van der Waals surface area contributed by atoms with Crippen LogP contribution in [0.1, 0.15) is 25.3 Å². The first kappa shape index (κ1) is 13.6. The highest BCUT2D eigenvalue weighted by molar-refractivity contribution is 7.80. The van der Waals surface area contributed by atoms with E-state index in [4.69, 9.17) is 22.5 Å². The molecule has 1 rings (SSSR count). The Balaban J connectivity index is 2.56. The van der Waals surface area contributed by atoms with Crippen LogP contribution < -0.4 is 11.1 Å². The molecule has 1 heterocycles. The first-order valence-corrected chi connectivity index (χ1v) is 5.82. The minimum Gasteiger partial charge on any atom is -0.393 e. The van der Waals surface area contributed by atoms with E-state index in [1.165, 1.54) is 0 Å². The summed E-state index contributed by atoms with van der Waals surface area (Å²) in [5, 5.41) is 6.47. The molecular weight excluding hydrogens is 238 g/mol. The summed E-state index contributed by atoms with van der Waals surface area (Å²) < 4.78 is 4.99. The predicted octanol–water partition coefficient (Wildman–Crippen LogP) is 1.16. The molecule has 0 radical (unpaired) electrons. The van der Waals surface area contributed by atoms with Gasteiger partial charge in [0.1, 0.15) is 0 Å². The lowest BCUT2D eigenvalue weighted by Gasteiger charge is -2.18. The normalized spacial score (nSPS) is 12.5. The molecule has 1 unspecified atom stereocenters. The number of carbonyl (C=O) groups is 1. The number of nitrogens with one attached hydrogen (secondary N) is 1. The van der Waals surface area contributed by atoms with Crippen molar-refractivity contribution < 1.29 is 9.32 Å². The van der Waals surface area contributed by atoms with E-state index in [0.29, 0.717) is 12.3 Å². The van der Waals surface area contributed by atoms with Gasteiger partial charge in [0.15, 0.2) is 5.76 Å². The highest BCUT2D eigenvalue weighted by Crippen LogP contribution is 2.12. The van der Waals surface area contributed by atoms with Crippen molar-refractivity contribution in [3.05, 3.63) is 17.5 Å². The second-order valence-corrected chi connectivity index (χ2v) is 4.75. The van der Waals surface area contributed by atoms with Crippen LogP contribution in [-0.4, -0.2) is 16.1 Å². The topological polar surface area (TPSA) is 81.2 Å². The molecule has 0 bridgehead atoms. The van der Waals surface area contributed by atoms with Gasteiger partial charge in [-0.25, -0.2) is 0 Å². The highest BCUT2D eigenvalue weighted by atomic mass is 32.1. The zero-order valence-corrected chi connectivity index (χ0v) is 11.0. The molecule has 1 amide bonds. The van der Waals surface area contributed by atoms with E-state index in [2.05, 4.69) is 10.5 Å². The van der Waals surface area contributed by atoms with E-state index < -0.39 is 5.92 Å². The molecule has 0 aliphatic carbocycles. The number of nitrogens with zero attached hydrogens (tertiary/aromatic N) is 1. The van der Waals surface area contributed by atoms with Gasteiger partial charge in [-0.15, -0.1) is 0 Å². The molecule has 0 fully saturated rings. The Morgan fingerprint density at radius 3 is 2.71 bits per heavy atom. The molecule has 3 N–H and O–H groups in total. The molecule has 0 saturated carbocycles. The van der Waals surface area contributed by atoms with Crippen LogP contribution in [0.15, 0.2) is 10.6 Å². The van der Waals surface area contributed by atoms with Gasteiger partial charge >= 0.3 is 0 Å². The van der Waals surface area contributed by atoms with E-state index in [0.717, 1.165) is 5.69 Å². The summed E-state index contributed by atoms with van der Waals surface area (Å²) in [6, 6.07) is 1.77. The van der Waals surface area contributed by atoms with Crippen molar-refractivity contribution in [2.24, 2.45) is 17.6 Å². The molecule has 17 heavy (non-hydrogen) atoms. The monoisotopic (exact) mass is 255 g/mol. The van der Waals surface area contributed by atoms with Crippen LogP contribution >= 0.6 is 12.2 Å². The molecule has 94 valence electrons. The summed E-state index contributed by atoms with van der Waals surface area (Å²) in [4.78, 5) is 12.1. The van der Waals surface area contributed by atoms with Gasteiger partial charge in [0, 0.05) is 6.07 Å². The molecule has 5 nitrogen and oxygen atoms in total. The molecule has 6 heteroatoms. The third-order valence-corrected chi connectivity index (χ3v) is 2.62. The number of amides is 1. The lowest BCUT2D eigenvalue weighted by molar-refractivity contribution is -0.124. The number of nitrogens with two attached hydrogens (primary N) is 1. The zero-order valence-electron chi connectivity index (χ0n) is 10.2. The van der Waals surface area contributed by atoms with Gasteiger partial charge in [0.2, 0.25) is 5.91 Å². The smallest absolute Gasteiger partial charge is 0.230 e. The van der Waals surface area contributed by atoms with Gasteiger partial charge in [0.25, 0.3) is 0 Å². The maximum Gasteiger partial charge on any atom is 0.230 e. The molecule has 0 aliphatic heterocycles. The number of hydrogen-bond donors (Lipinski definition) is 2. The Hall–Kier alpha value is -1.43. The predicted molar refractivity (Wildman–Crippen MR) is 68.2 cm³/mol. The fraction of sp³-hybridized carbons (Fsp3) is 0.545. The van der Waals surface area contributed by atoms with Crippen molar-refractivity contribution in [2.75, 3.05) is 0 Å². The van der Waals surface area contributed by atoms with Crippen molar-refractivity contribution in [3.8, 4) is 0 Å². The summed E-state index contributed by atoms with van der Waals surface area (Å²) in [7, 11) is 0. The number of rotatable bonds is 5. The van der Waals surface area contributed by atoms with Gasteiger partial charge in [-0.1, -0.05) is 31.2 Å². The third-order valence-electron chi connectivity index (χ3n) is 2.37. The molecule has 0 aliphatic rings. The first-order chi connectivity index (χ1) is 7.91. The van der Waals surface area contributed by atoms with Crippen molar-refractivity contribution in [3.63, 3.8) is 0 Å². The fourth-order valence-electron chi connectivity index (χ4n) is 1.54. The molecule has 0 saturated heterocycles. The standard InChI is InChI=1S/C11H17N3O2S/c1-6(2)9(10(12)17)11(15)13-5-8-4-7(3)14-16-8/h4,6,9H,5H2,1-3H3,(H2,12,17)(H,13,15). The lowest BCUT2D eigenvalue weighted by Crippen LogP contribution is -2.40. The van der Waals surface area contributed by atoms with Crippen molar-refractivity contribution in [1.29, 1.82) is 0 Å².